The molecule has 1 aliphatic rings. The van der Waals surface area contributed by atoms with Crippen molar-refractivity contribution in [1.82, 2.24) is 14.8 Å². The highest BCUT2D eigenvalue weighted by atomic mass is 35.5. The Balaban J connectivity index is 1.23. The summed E-state index contributed by atoms with van der Waals surface area (Å²) in [5.74, 6) is 0.00759. The van der Waals surface area contributed by atoms with E-state index in [0.717, 1.165) is 54.7 Å². The van der Waals surface area contributed by atoms with Crippen molar-refractivity contribution in [1.29, 1.82) is 0 Å². The topological polar surface area (TPSA) is 48.5 Å². The highest BCUT2D eigenvalue weighted by Crippen LogP contribution is 2.22. The van der Waals surface area contributed by atoms with Crippen LogP contribution in [0.3, 0.4) is 0 Å². The molecule has 0 atom stereocenters. The summed E-state index contributed by atoms with van der Waals surface area (Å²) in [6.45, 7) is 4.91. The van der Waals surface area contributed by atoms with Gasteiger partial charge in [0.2, 0.25) is 5.91 Å². The van der Waals surface area contributed by atoms with Gasteiger partial charge in [-0.25, -0.2) is 4.98 Å². The van der Waals surface area contributed by atoms with Crippen LogP contribution < -0.4 is 5.32 Å². The van der Waals surface area contributed by atoms with Gasteiger partial charge < -0.3 is 5.32 Å². The molecule has 0 bridgehead atoms. The molecular weight excluding hydrogens is 404 g/mol. The lowest BCUT2D eigenvalue weighted by molar-refractivity contribution is -0.117. The smallest absolute Gasteiger partial charge is 0.238 e. The Hall–Kier alpha value is -2.25. The average Bonchev–Trinajstić information content (AvgIpc) is 3.20. The molecule has 3 aromatic rings. The molecule has 1 amide bonds. The van der Waals surface area contributed by atoms with Crippen LogP contribution in [-0.2, 0) is 11.3 Å². The number of nitrogens with zero attached hydrogens (tertiary/aromatic N) is 3. The minimum Gasteiger partial charge on any atom is -0.325 e. The fourth-order valence-electron chi connectivity index (χ4n) is 3.36. The number of thiazole rings is 1. The minimum atomic E-state index is 0.00759. The SMILES string of the molecule is O=C(CN1CCN(Cc2nc(-c3ccccc3)cs2)CC1)Nc1ccc(Cl)cc1. The summed E-state index contributed by atoms with van der Waals surface area (Å²) in [5, 5.41) is 6.85. The van der Waals surface area contributed by atoms with Crippen LogP contribution in [0.5, 0.6) is 0 Å². The van der Waals surface area contributed by atoms with Crippen molar-refractivity contribution in [2.45, 2.75) is 6.54 Å². The number of carbonyl (C=O) groups excluding carboxylic acids is 1. The van der Waals surface area contributed by atoms with Gasteiger partial charge in [-0.1, -0.05) is 41.9 Å². The highest BCUT2D eigenvalue weighted by molar-refractivity contribution is 7.09. The van der Waals surface area contributed by atoms with Gasteiger partial charge in [0.05, 0.1) is 18.8 Å². The Morgan fingerprint density at radius 1 is 1.00 bits per heavy atom. The molecule has 0 aliphatic carbocycles. The molecule has 1 aromatic heterocycles. The zero-order chi connectivity index (χ0) is 20.1. The van der Waals surface area contributed by atoms with Gasteiger partial charge in [0, 0.05) is 47.8 Å². The van der Waals surface area contributed by atoms with Crippen LogP contribution >= 0.6 is 22.9 Å². The lowest BCUT2D eigenvalue weighted by Crippen LogP contribution is -2.48. The normalized spacial score (nSPS) is 15.3. The zero-order valence-electron chi connectivity index (χ0n) is 16.1. The second-order valence-corrected chi connectivity index (χ2v) is 8.48. The molecular formula is C22H23ClN4OS. The van der Waals surface area contributed by atoms with E-state index in [4.69, 9.17) is 16.6 Å². The molecule has 0 radical (unpaired) electrons. The maximum Gasteiger partial charge on any atom is 0.238 e. The molecule has 1 saturated heterocycles. The second kappa shape index (κ2) is 9.50. The van der Waals surface area contributed by atoms with Crippen LogP contribution in [0.25, 0.3) is 11.3 Å². The first-order valence-electron chi connectivity index (χ1n) is 9.66. The first kappa shape index (κ1) is 20.0. The number of hydrogen-bond acceptors (Lipinski definition) is 5. The number of aromatic nitrogens is 1. The number of benzene rings is 2. The van der Waals surface area contributed by atoms with Crippen molar-refractivity contribution in [2.24, 2.45) is 0 Å². The van der Waals surface area contributed by atoms with Gasteiger partial charge in [-0.3, -0.25) is 14.6 Å². The number of halogens is 1. The summed E-state index contributed by atoms with van der Waals surface area (Å²) in [4.78, 5) is 21.7. The molecule has 2 heterocycles. The number of rotatable bonds is 6. The van der Waals surface area contributed by atoms with Gasteiger partial charge in [-0.05, 0) is 24.3 Å². The Morgan fingerprint density at radius 3 is 2.41 bits per heavy atom. The molecule has 4 rings (SSSR count). The first-order chi connectivity index (χ1) is 14.2. The lowest BCUT2D eigenvalue weighted by atomic mass is 10.2. The predicted octanol–water partition coefficient (Wildman–Crippen LogP) is 4.22. The van der Waals surface area contributed by atoms with E-state index in [2.05, 4.69) is 32.6 Å². The highest BCUT2D eigenvalue weighted by Gasteiger charge is 2.20. The number of piperazine rings is 1. The Kier molecular flexibility index (Phi) is 6.56. The van der Waals surface area contributed by atoms with Crippen molar-refractivity contribution in [3.8, 4) is 11.3 Å². The largest absolute Gasteiger partial charge is 0.325 e. The number of amides is 1. The number of anilines is 1. The third-order valence-electron chi connectivity index (χ3n) is 4.94. The first-order valence-corrected chi connectivity index (χ1v) is 10.9. The van der Waals surface area contributed by atoms with Crippen molar-refractivity contribution in [3.05, 3.63) is 70.0 Å². The molecule has 0 unspecified atom stereocenters. The zero-order valence-corrected chi connectivity index (χ0v) is 17.6. The van der Waals surface area contributed by atoms with Gasteiger partial charge in [0.1, 0.15) is 5.01 Å². The number of hydrogen-bond donors (Lipinski definition) is 1. The van der Waals surface area contributed by atoms with E-state index < -0.39 is 0 Å². The second-order valence-electron chi connectivity index (χ2n) is 7.10. The van der Waals surface area contributed by atoms with Crippen LogP contribution in [0, 0.1) is 0 Å². The van der Waals surface area contributed by atoms with Gasteiger partial charge in [-0.15, -0.1) is 11.3 Å². The molecule has 1 aliphatic heterocycles. The fourth-order valence-corrected chi connectivity index (χ4v) is 4.33. The van der Waals surface area contributed by atoms with E-state index in [-0.39, 0.29) is 5.91 Å². The van der Waals surface area contributed by atoms with E-state index in [1.165, 1.54) is 0 Å². The van der Waals surface area contributed by atoms with Crippen LogP contribution in [0.1, 0.15) is 5.01 Å². The van der Waals surface area contributed by atoms with Gasteiger partial charge in [-0.2, -0.15) is 0 Å². The fraction of sp³-hybridized carbons (Fsp3) is 0.273. The Labute approximate surface area is 179 Å². The Bertz CT molecular complexity index is 937. The summed E-state index contributed by atoms with van der Waals surface area (Å²) in [6, 6.07) is 17.5. The number of carbonyl (C=O) groups is 1. The Morgan fingerprint density at radius 2 is 1.69 bits per heavy atom. The quantitative estimate of drug-likeness (QED) is 0.641. The molecule has 0 saturated carbocycles. The van der Waals surface area contributed by atoms with Crippen molar-refractivity contribution in [2.75, 3.05) is 38.0 Å². The maximum absolute atomic E-state index is 12.3. The molecule has 29 heavy (non-hydrogen) atoms. The summed E-state index contributed by atoms with van der Waals surface area (Å²) in [6.07, 6.45) is 0. The minimum absolute atomic E-state index is 0.00759. The molecule has 1 fully saturated rings. The summed E-state index contributed by atoms with van der Waals surface area (Å²) >= 11 is 7.59. The lowest BCUT2D eigenvalue weighted by Gasteiger charge is -2.33. The summed E-state index contributed by atoms with van der Waals surface area (Å²) < 4.78 is 0. The van der Waals surface area contributed by atoms with Crippen molar-refractivity contribution in [3.63, 3.8) is 0 Å². The van der Waals surface area contributed by atoms with E-state index >= 15 is 0 Å². The van der Waals surface area contributed by atoms with Crippen LogP contribution in [0.15, 0.2) is 60.0 Å². The molecule has 7 heteroatoms. The molecule has 2 aromatic carbocycles. The van der Waals surface area contributed by atoms with Gasteiger partial charge >= 0.3 is 0 Å². The van der Waals surface area contributed by atoms with Gasteiger partial charge in [0.15, 0.2) is 0 Å². The average molecular weight is 427 g/mol. The molecule has 150 valence electrons. The molecule has 5 nitrogen and oxygen atoms in total. The monoisotopic (exact) mass is 426 g/mol. The van der Waals surface area contributed by atoms with E-state index in [1.807, 2.05) is 30.3 Å². The van der Waals surface area contributed by atoms with E-state index in [0.29, 0.717) is 11.6 Å². The van der Waals surface area contributed by atoms with E-state index in [1.54, 1.807) is 23.5 Å². The molecule has 0 spiro atoms. The van der Waals surface area contributed by atoms with Crippen LogP contribution in [-0.4, -0.2) is 53.4 Å². The van der Waals surface area contributed by atoms with Crippen LogP contribution in [0.4, 0.5) is 5.69 Å². The summed E-state index contributed by atoms with van der Waals surface area (Å²) in [5.41, 5.74) is 2.98. The third kappa shape index (κ3) is 5.64. The van der Waals surface area contributed by atoms with E-state index in [9.17, 15) is 4.79 Å². The maximum atomic E-state index is 12.3. The van der Waals surface area contributed by atoms with Crippen molar-refractivity contribution < 1.29 is 4.79 Å². The predicted molar refractivity (Wildman–Crippen MR) is 119 cm³/mol. The number of nitrogens with one attached hydrogen (secondary N) is 1. The van der Waals surface area contributed by atoms with Gasteiger partial charge in [0.25, 0.3) is 0 Å². The third-order valence-corrected chi connectivity index (χ3v) is 6.03. The van der Waals surface area contributed by atoms with Crippen LogP contribution in [0.2, 0.25) is 5.02 Å². The summed E-state index contributed by atoms with van der Waals surface area (Å²) in [7, 11) is 0. The van der Waals surface area contributed by atoms with Crippen molar-refractivity contribution >= 4 is 34.5 Å². The molecule has 1 N–H and O–H groups in total. The standard InChI is InChI=1S/C22H23ClN4OS/c23-18-6-8-19(9-7-18)24-21(28)14-26-10-12-27(13-11-26)15-22-25-20(16-29-22)17-4-2-1-3-5-17/h1-9,16H,10-15H2,(H,24,28).